The fourth-order valence-electron chi connectivity index (χ4n) is 1.15. The summed E-state index contributed by atoms with van der Waals surface area (Å²) >= 11 is 0. The average molecular weight is 181 g/mol. The van der Waals surface area contributed by atoms with Gasteiger partial charge in [0.05, 0.1) is 12.3 Å². The van der Waals surface area contributed by atoms with Gasteiger partial charge in [0.25, 0.3) is 0 Å². The summed E-state index contributed by atoms with van der Waals surface area (Å²) in [6.07, 6.45) is 0. The van der Waals surface area contributed by atoms with E-state index in [9.17, 15) is 0 Å². The molecule has 0 aliphatic rings. The predicted molar refractivity (Wildman–Crippen MR) is 51.5 cm³/mol. The van der Waals surface area contributed by atoms with Gasteiger partial charge in [-0.2, -0.15) is 5.10 Å². The standard InChI is InChI=1S/C9H15N3O/c1-3-12(4-2)9-6-5-8(7-13)10-11-9/h5-6,13H,3-4,7H2,1-2H3. The van der Waals surface area contributed by atoms with E-state index in [0.717, 1.165) is 18.9 Å². The first-order chi connectivity index (χ1) is 6.31. The minimum atomic E-state index is -0.0501. The van der Waals surface area contributed by atoms with Crippen LogP contribution in [0.25, 0.3) is 0 Å². The molecule has 0 atom stereocenters. The molecule has 1 aromatic heterocycles. The third-order valence-corrected chi connectivity index (χ3v) is 1.96. The molecule has 4 nitrogen and oxygen atoms in total. The third-order valence-electron chi connectivity index (χ3n) is 1.96. The highest BCUT2D eigenvalue weighted by atomic mass is 16.3. The number of anilines is 1. The molecule has 0 saturated carbocycles. The van der Waals surface area contributed by atoms with E-state index in [1.807, 2.05) is 6.07 Å². The Hall–Kier alpha value is -1.16. The van der Waals surface area contributed by atoms with Crippen LogP contribution in [0.4, 0.5) is 5.82 Å². The van der Waals surface area contributed by atoms with Crippen molar-refractivity contribution >= 4 is 5.82 Å². The molecule has 0 aliphatic carbocycles. The minimum absolute atomic E-state index is 0.0501. The van der Waals surface area contributed by atoms with Gasteiger partial charge in [0.15, 0.2) is 5.82 Å². The van der Waals surface area contributed by atoms with Crippen molar-refractivity contribution in [1.29, 1.82) is 0 Å². The van der Waals surface area contributed by atoms with Gasteiger partial charge < -0.3 is 10.0 Å². The van der Waals surface area contributed by atoms with Crippen molar-refractivity contribution in [2.75, 3.05) is 18.0 Å². The fourth-order valence-corrected chi connectivity index (χ4v) is 1.15. The molecule has 0 radical (unpaired) electrons. The Balaban J connectivity index is 2.78. The molecule has 1 aromatic rings. The minimum Gasteiger partial charge on any atom is -0.390 e. The summed E-state index contributed by atoms with van der Waals surface area (Å²) in [5, 5.41) is 16.6. The van der Waals surface area contributed by atoms with Crippen LogP contribution in [-0.4, -0.2) is 28.4 Å². The summed E-state index contributed by atoms with van der Waals surface area (Å²) in [6.45, 7) is 5.94. The summed E-state index contributed by atoms with van der Waals surface area (Å²) in [6, 6.07) is 3.67. The normalized spacial score (nSPS) is 10.1. The molecule has 1 rings (SSSR count). The second-order valence-corrected chi connectivity index (χ2v) is 2.71. The molecule has 0 aliphatic heterocycles. The Labute approximate surface area is 78.2 Å². The Kier molecular flexibility index (Phi) is 3.64. The van der Waals surface area contributed by atoms with Crippen LogP contribution in [0.15, 0.2) is 12.1 Å². The molecule has 0 aromatic carbocycles. The second kappa shape index (κ2) is 4.77. The third kappa shape index (κ3) is 2.39. The highest BCUT2D eigenvalue weighted by Crippen LogP contribution is 2.08. The lowest BCUT2D eigenvalue weighted by atomic mass is 10.4. The van der Waals surface area contributed by atoms with Crippen LogP contribution >= 0.6 is 0 Å². The topological polar surface area (TPSA) is 49.2 Å². The van der Waals surface area contributed by atoms with E-state index in [1.165, 1.54) is 0 Å². The molecule has 4 heteroatoms. The highest BCUT2D eigenvalue weighted by molar-refractivity contribution is 5.36. The van der Waals surface area contributed by atoms with E-state index in [1.54, 1.807) is 6.07 Å². The van der Waals surface area contributed by atoms with Crippen molar-refractivity contribution in [2.45, 2.75) is 20.5 Å². The lowest BCUT2D eigenvalue weighted by Gasteiger charge is -2.18. The van der Waals surface area contributed by atoms with E-state index in [2.05, 4.69) is 28.9 Å². The zero-order valence-corrected chi connectivity index (χ0v) is 8.06. The largest absolute Gasteiger partial charge is 0.390 e. The van der Waals surface area contributed by atoms with Gasteiger partial charge in [0, 0.05) is 13.1 Å². The predicted octanol–water partition coefficient (Wildman–Crippen LogP) is 0.815. The van der Waals surface area contributed by atoms with E-state index < -0.39 is 0 Å². The molecule has 1 heterocycles. The Morgan fingerprint density at radius 1 is 1.23 bits per heavy atom. The number of nitrogens with zero attached hydrogens (tertiary/aromatic N) is 3. The number of rotatable bonds is 4. The van der Waals surface area contributed by atoms with Crippen LogP contribution in [0.5, 0.6) is 0 Å². The van der Waals surface area contributed by atoms with Gasteiger partial charge >= 0.3 is 0 Å². The summed E-state index contributed by atoms with van der Waals surface area (Å²) < 4.78 is 0. The van der Waals surface area contributed by atoms with E-state index in [0.29, 0.717) is 5.69 Å². The molecule has 13 heavy (non-hydrogen) atoms. The van der Waals surface area contributed by atoms with Gasteiger partial charge in [-0.3, -0.25) is 0 Å². The Morgan fingerprint density at radius 2 is 1.92 bits per heavy atom. The van der Waals surface area contributed by atoms with Gasteiger partial charge in [-0.1, -0.05) is 0 Å². The molecule has 1 N–H and O–H groups in total. The first-order valence-corrected chi connectivity index (χ1v) is 4.50. The number of hydrogen-bond donors (Lipinski definition) is 1. The maximum Gasteiger partial charge on any atom is 0.151 e. The van der Waals surface area contributed by atoms with Crippen LogP contribution in [-0.2, 0) is 6.61 Å². The summed E-state index contributed by atoms with van der Waals surface area (Å²) in [7, 11) is 0. The molecule has 0 amide bonds. The Bertz CT molecular complexity index is 244. The molecule has 0 spiro atoms. The quantitative estimate of drug-likeness (QED) is 0.747. The zero-order valence-electron chi connectivity index (χ0n) is 8.06. The SMILES string of the molecule is CCN(CC)c1ccc(CO)nn1. The van der Waals surface area contributed by atoms with Crippen LogP contribution in [0.3, 0.4) is 0 Å². The van der Waals surface area contributed by atoms with E-state index in [-0.39, 0.29) is 6.61 Å². The first kappa shape index (κ1) is 9.92. The second-order valence-electron chi connectivity index (χ2n) is 2.71. The summed E-state index contributed by atoms with van der Waals surface area (Å²) in [5.74, 6) is 0.863. The smallest absolute Gasteiger partial charge is 0.151 e. The lowest BCUT2D eigenvalue weighted by molar-refractivity contribution is 0.275. The van der Waals surface area contributed by atoms with Crippen molar-refractivity contribution in [3.8, 4) is 0 Å². The monoisotopic (exact) mass is 181 g/mol. The van der Waals surface area contributed by atoms with E-state index >= 15 is 0 Å². The summed E-state index contributed by atoms with van der Waals surface area (Å²) in [5.41, 5.74) is 0.607. The van der Waals surface area contributed by atoms with Gasteiger partial charge in [0.2, 0.25) is 0 Å². The molecule has 0 unspecified atom stereocenters. The Morgan fingerprint density at radius 3 is 2.31 bits per heavy atom. The van der Waals surface area contributed by atoms with Gasteiger partial charge in [-0.25, -0.2) is 0 Å². The number of hydrogen-bond acceptors (Lipinski definition) is 4. The molecule has 0 fully saturated rings. The number of aliphatic hydroxyl groups is 1. The van der Waals surface area contributed by atoms with E-state index in [4.69, 9.17) is 5.11 Å². The maximum absolute atomic E-state index is 8.77. The lowest BCUT2D eigenvalue weighted by Crippen LogP contribution is -2.23. The summed E-state index contributed by atoms with van der Waals surface area (Å²) in [4.78, 5) is 2.11. The van der Waals surface area contributed by atoms with Crippen molar-refractivity contribution in [2.24, 2.45) is 0 Å². The molecule has 72 valence electrons. The van der Waals surface area contributed by atoms with Crippen LogP contribution < -0.4 is 4.90 Å². The van der Waals surface area contributed by atoms with Crippen molar-refractivity contribution in [1.82, 2.24) is 10.2 Å². The maximum atomic E-state index is 8.77. The number of aromatic nitrogens is 2. The van der Waals surface area contributed by atoms with Crippen LogP contribution in [0, 0.1) is 0 Å². The molecule has 0 saturated heterocycles. The molecular weight excluding hydrogens is 166 g/mol. The number of aliphatic hydroxyl groups excluding tert-OH is 1. The molecule has 0 bridgehead atoms. The van der Waals surface area contributed by atoms with Crippen LogP contribution in [0.1, 0.15) is 19.5 Å². The highest BCUT2D eigenvalue weighted by Gasteiger charge is 2.02. The fraction of sp³-hybridized carbons (Fsp3) is 0.556. The van der Waals surface area contributed by atoms with Crippen molar-refractivity contribution in [3.63, 3.8) is 0 Å². The zero-order chi connectivity index (χ0) is 9.68. The van der Waals surface area contributed by atoms with Gasteiger partial charge in [0.1, 0.15) is 0 Å². The average Bonchev–Trinajstić information content (AvgIpc) is 2.21. The van der Waals surface area contributed by atoms with Crippen LogP contribution in [0.2, 0.25) is 0 Å². The van der Waals surface area contributed by atoms with Crippen molar-refractivity contribution in [3.05, 3.63) is 17.8 Å². The van der Waals surface area contributed by atoms with Gasteiger partial charge in [-0.15, -0.1) is 5.10 Å². The first-order valence-electron chi connectivity index (χ1n) is 4.50. The van der Waals surface area contributed by atoms with Gasteiger partial charge in [-0.05, 0) is 26.0 Å². The molecular formula is C9H15N3O. The van der Waals surface area contributed by atoms with Crippen molar-refractivity contribution < 1.29 is 5.11 Å².